The van der Waals surface area contributed by atoms with Gasteiger partial charge >= 0.3 is 5.97 Å². The Bertz CT molecular complexity index is 972. The number of primary amides is 1. The van der Waals surface area contributed by atoms with E-state index in [0.29, 0.717) is 25.1 Å². The summed E-state index contributed by atoms with van der Waals surface area (Å²) in [5.41, 5.74) is 8.58. The molecule has 2 N–H and O–H groups in total. The number of likely N-dealkylation sites (tertiary alicyclic amines) is 1. The lowest BCUT2D eigenvalue weighted by atomic mass is 9.90. The van der Waals surface area contributed by atoms with Crippen molar-refractivity contribution in [3.8, 4) is 0 Å². The Morgan fingerprint density at radius 3 is 2.76 bits per heavy atom. The standard InChI is InChI=1S/C22H25N3O4/c23-21(27)14-6-5-11-25(12-14)19(26)13-29-22(28)20-15-7-1-3-9-17(15)24-18-10-4-2-8-16(18)20/h1,3,7,9,14H,2,4-6,8,10-13H2,(H2,23,27)/t14-/m1/s1. The number of pyridine rings is 1. The molecule has 1 aromatic carbocycles. The zero-order valence-corrected chi connectivity index (χ0v) is 16.4. The molecule has 0 unspecified atom stereocenters. The Labute approximate surface area is 169 Å². The van der Waals surface area contributed by atoms with Crippen molar-refractivity contribution in [2.24, 2.45) is 11.7 Å². The number of aromatic nitrogens is 1. The Morgan fingerprint density at radius 2 is 1.93 bits per heavy atom. The first-order valence-electron chi connectivity index (χ1n) is 10.2. The molecule has 0 radical (unpaired) electrons. The van der Waals surface area contributed by atoms with E-state index < -0.39 is 11.9 Å². The number of aryl methyl sites for hydroxylation is 1. The summed E-state index contributed by atoms with van der Waals surface area (Å²) >= 11 is 0. The monoisotopic (exact) mass is 395 g/mol. The fourth-order valence-electron chi connectivity index (χ4n) is 4.33. The molecular formula is C22H25N3O4. The molecule has 1 fully saturated rings. The number of esters is 1. The second-order valence-corrected chi connectivity index (χ2v) is 7.79. The number of amides is 2. The molecular weight excluding hydrogens is 370 g/mol. The number of nitrogens with two attached hydrogens (primary N) is 1. The summed E-state index contributed by atoms with van der Waals surface area (Å²) in [4.78, 5) is 43.2. The maximum Gasteiger partial charge on any atom is 0.339 e. The van der Waals surface area contributed by atoms with Gasteiger partial charge in [0, 0.05) is 24.2 Å². The number of hydrogen-bond donors (Lipinski definition) is 1. The Balaban J connectivity index is 1.52. The lowest BCUT2D eigenvalue weighted by molar-refractivity contribution is -0.137. The fraction of sp³-hybridized carbons (Fsp3) is 0.455. The lowest BCUT2D eigenvalue weighted by Crippen LogP contribution is -2.45. The minimum atomic E-state index is -0.487. The number of piperidine rings is 1. The second kappa shape index (κ2) is 8.19. The highest BCUT2D eigenvalue weighted by Crippen LogP contribution is 2.29. The van der Waals surface area contributed by atoms with Gasteiger partial charge in [0.15, 0.2) is 6.61 Å². The van der Waals surface area contributed by atoms with Crippen LogP contribution in [0.3, 0.4) is 0 Å². The lowest BCUT2D eigenvalue weighted by Gasteiger charge is -2.31. The maximum atomic E-state index is 13.0. The zero-order chi connectivity index (χ0) is 20.4. The first-order valence-corrected chi connectivity index (χ1v) is 10.2. The third-order valence-electron chi connectivity index (χ3n) is 5.88. The summed E-state index contributed by atoms with van der Waals surface area (Å²) in [5.74, 6) is -1.51. The molecule has 0 saturated carbocycles. The predicted octanol–water partition coefficient (Wildman–Crippen LogP) is 1.99. The highest BCUT2D eigenvalue weighted by atomic mass is 16.5. The van der Waals surface area contributed by atoms with E-state index in [2.05, 4.69) is 0 Å². The number of rotatable bonds is 4. The van der Waals surface area contributed by atoms with E-state index in [1.165, 1.54) is 0 Å². The molecule has 2 heterocycles. The summed E-state index contributed by atoms with van der Waals surface area (Å²) < 4.78 is 5.44. The first kappa shape index (κ1) is 19.4. The summed E-state index contributed by atoms with van der Waals surface area (Å²) in [6.07, 6.45) is 5.11. The second-order valence-electron chi connectivity index (χ2n) is 7.79. The van der Waals surface area contributed by atoms with Gasteiger partial charge in [-0.05, 0) is 50.2 Å². The van der Waals surface area contributed by atoms with Crippen molar-refractivity contribution in [1.82, 2.24) is 9.88 Å². The van der Waals surface area contributed by atoms with Gasteiger partial charge in [-0.1, -0.05) is 18.2 Å². The fourth-order valence-corrected chi connectivity index (χ4v) is 4.33. The van der Waals surface area contributed by atoms with Crippen molar-refractivity contribution in [3.63, 3.8) is 0 Å². The Morgan fingerprint density at radius 1 is 1.14 bits per heavy atom. The van der Waals surface area contributed by atoms with Crippen LogP contribution in [0, 0.1) is 5.92 Å². The molecule has 2 aromatic rings. The Kier molecular flexibility index (Phi) is 5.47. The summed E-state index contributed by atoms with van der Waals surface area (Å²) in [5, 5.41) is 0.761. The quantitative estimate of drug-likeness (QED) is 0.798. The van der Waals surface area contributed by atoms with Crippen molar-refractivity contribution in [3.05, 3.63) is 41.1 Å². The summed E-state index contributed by atoms with van der Waals surface area (Å²) in [6.45, 7) is 0.503. The topological polar surface area (TPSA) is 103 Å². The molecule has 152 valence electrons. The average Bonchev–Trinajstić information content (AvgIpc) is 2.75. The minimum Gasteiger partial charge on any atom is -0.452 e. The largest absolute Gasteiger partial charge is 0.452 e. The molecule has 2 amide bonds. The highest BCUT2D eigenvalue weighted by molar-refractivity contribution is 6.05. The van der Waals surface area contributed by atoms with Crippen LogP contribution in [0.4, 0.5) is 0 Å². The molecule has 0 spiro atoms. The van der Waals surface area contributed by atoms with Gasteiger partial charge < -0.3 is 15.4 Å². The van der Waals surface area contributed by atoms with E-state index >= 15 is 0 Å². The van der Waals surface area contributed by atoms with Gasteiger partial charge in [-0.15, -0.1) is 0 Å². The van der Waals surface area contributed by atoms with Gasteiger partial charge in [0.25, 0.3) is 5.91 Å². The Hall–Kier alpha value is -2.96. The average molecular weight is 395 g/mol. The van der Waals surface area contributed by atoms with E-state index in [9.17, 15) is 14.4 Å². The molecule has 4 rings (SSSR count). The van der Waals surface area contributed by atoms with Crippen LogP contribution in [0.2, 0.25) is 0 Å². The number of hydrogen-bond acceptors (Lipinski definition) is 5. The van der Waals surface area contributed by atoms with Crippen molar-refractivity contribution in [2.45, 2.75) is 38.5 Å². The molecule has 1 saturated heterocycles. The normalized spacial score (nSPS) is 18.9. The maximum absolute atomic E-state index is 13.0. The molecule has 2 aliphatic rings. The van der Waals surface area contributed by atoms with Crippen molar-refractivity contribution < 1.29 is 19.1 Å². The van der Waals surface area contributed by atoms with Gasteiger partial charge in [0.2, 0.25) is 5.91 Å². The van der Waals surface area contributed by atoms with Crippen molar-refractivity contribution >= 4 is 28.7 Å². The van der Waals surface area contributed by atoms with Gasteiger partial charge in [-0.2, -0.15) is 0 Å². The number of nitrogens with zero attached hydrogens (tertiary/aromatic N) is 2. The SMILES string of the molecule is NC(=O)[C@@H]1CCCN(C(=O)COC(=O)c2c3c(nc4ccccc24)CCCC3)C1. The van der Waals surface area contributed by atoms with Crippen LogP contribution in [0.15, 0.2) is 24.3 Å². The summed E-state index contributed by atoms with van der Waals surface area (Å²) in [7, 11) is 0. The zero-order valence-electron chi connectivity index (χ0n) is 16.4. The van der Waals surface area contributed by atoms with Crippen molar-refractivity contribution in [1.29, 1.82) is 0 Å². The third kappa shape index (κ3) is 3.95. The third-order valence-corrected chi connectivity index (χ3v) is 5.88. The molecule has 1 aromatic heterocycles. The molecule has 1 atom stereocenters. The van der Waals surface area contributed by atoms with E-state index in [4.69, 9.17) is 15.5 Å². The molecule has 1 aliphatic carbocycles. The van der Waals surface area contributed by atoms with Crippen LogP contribution in [0.5, 0.6) is 0 Å². The van der Waals surface area contributed by atoms with Crippen LogP contribution < -0.4 is 5.73 Å². The number of ether oxygens (including phenoxy) is 1. The summed E-state index contributed by atoms with van der Waals surface area (Å²) in [6, 6.07) is 7.54. The van der Waals surface area contributed by atoms with Gasteiger partial charge in [0.05, 0.1) is 17.0 Å². The number of carbonyl (C=O) groups is 3. The van der Waals surface area contributed by atoms with Crippen LogP contribution in [-0.4, -0.2) is 47.4 Å². The molecule has 7 nitrogen and oxygen atoms in total. The van der Waals surface area contributed by atoms with Gasteiger partial charge in [-0.3, -0.25) is 14.6 Å². The molecule has 1 aliphatic heterocycles. The molecule has 0 bridgehead atoms. The first-order chi connectivity index (χ1) is 14.0. The van der Waals surface area contributed by atoms with Crippen LogP contribution in [0.25, 0.3) is 10.9 Å². The van der Waals surface area contributed by atoms with E-state index in [0.717, 1.165) is 54.3 Å². The number of fused-ring (bicyclic) bond motifs is 2. The number of para-hydroxylation sites is 1. The van der Waals surface area contributed by atoms with Gasteiger partial charge in [0.1, 0.15) is 0 Å². The highest BCUT2D eigenvalue weighted by Gasteiger charge is 2.28. The minimum absolute atomic E-state index is 0.291. The number of benzene rings is 1. The smallest absolute Gasteiger partial charge is 0.339 e. The predicted molar refractivity (Wildman–Crippen MR) is 107 cm³/mol. The molecule has 7 heteroatoms. The van der Waals surface area contributed by atoms with E-state index in [1.54, 1.807) is 4.90 Å². The van der Waals surface area contributed by atoms with Crippen LogP contribution in [-0.2, 0) is 27.2 Å². The van der Waals surface area contributed by atoms with E-state index in [1.807, 2.05) is 24.3 Å². The van der Waals surface area contributed by atoms with Gasteiger partial charge in [-0.25, -0.2) is 4.79 Å². The number of carbonyl (C=O) groups excluding carboxylic acids is 3. The van der Waals surface area contributed by atoms with E-state index in [-0.39, 0.29) is 18.4 Å². The van der Waals surface area contributed by atoms with Crippen LogP contribution in [0.1, 0.15) is 47.3 Å². The van der Waals surface area contributed by atoms with Crippen molar-refractivity contribution in [2.75, 3.05) is 19.7 Å². The molecule has 29 heavy (non-hydrogen) atoms. The van der Waals surface area contributed by atoms with Crippen LogP contribution >= 0.6 is 0 Å².